The first kappa shape index (κ1) is 16.9. The average molecular weight is 373 g/mol. The number of thiocyanates is 1. The Morgan fingerprint density at radius 1 is 1.35 bits per heavy atom. The maximum Gasteiger partial charge on any atom is 0.188 e. The predicted molar refractivity (Wildman–Crippen MR) is 89.5 cm³/mol. The molecular weight excluding hydrogens is 359 g/mol. The van der Waals surface area contributed by atoms with Crippen molar-refractivity contribution in [3.8, 4) is 11.2 Å². The largest absolute Gasteiger partial charge is 0.489 e. The molecule has 3 rings (SSSR count). The number of nitrogens with zero attached hydrogens (tertiary/aromatic N) is 2. The van der Waals surface area contributed by atoms with Gasteiger partial charge >= 0.3 is 0 Å². The molecule has 2 aliphatic heterocycles. The quantitative estimate of drug-likeness (QED) is 0.760. The van der Waals surface area contributed by atoms with Crippen LogP contribution in [0.1, 0.15) is 10.4 Å². The van der Waals surface area contributed by atoms with Crippen LogP contribution in [0.5, 0.6) is 5.75 Å². The van der Waals surface area contributed by atoms with Gasteiger partial charge in [-0.05, 0) is 23.9 Å². The number of halogens is 2. The molecule has 0 radical (unpaired) electrons. The van der Waals surface area contributed by atoms with E-state index in [4.69, 9.17) is 32.7 Å². The molecule has 1 atom stereocenters. The minimum atomic E-state index is -0.979. The third-order valence-corrected chi connectivity index (χ3v) is 5.35. The first-order valence-electron chi connectivity index (χ1n) is 7.09. The summed E-state index contributed by atoms with van der Waals surface area (Å²) in [4.78, 5) is 15.2. The van der Waals surface area contributed by atoms with Gasteiger partial charge in [0.2, 0.25) is 0 Å². The van der Waals surface area contributed by atoms with Crippen molar-refractivity contribution < 1.29 is 14.3 Å². The second kappa shape index (κ2) is 6.88. The summed E-state index contributed by atoms with van der Waals surface area (Å²) >= 11 is 13.1. The number of carbonyl (C=O) groups excluding carboxylic acids is 1. The average Bonchev–Trinajstić information content (AvgIpc) is 2.52. The Morgan fingerprint density at radius 2 is 2.09 bits per heavy atom. The van der Waals surface area contributed by atoms with Crippen molar-refractivity contribution >= 4 is 40.7 Å². The van der Waals surface area contributed by atoms with Crippen molar-refractivity contribution in [3.05, 3.63) is 27.7 Å². The van der Waals surface area contributed by atoms with Gasteiger partial charge in [0.1, 0.15) is 22.5 Å². The lowest BCUT2D eigenvalue weighted by Gasteiger charge is -2.39. The van der Waals surface area contributed by atoms with E-state index < -0.39 is 4.75 Å². The number of morpholine rings is 1. The molecule has 0 spiro atoms. The molecule has 1 fully saturated rings. The summed E-state index contributed by atoms with van der Waals surface area (Å²) in [7, 11) is 0. The van der Waals surface area contributed by atoms with Gasteiger partial charge in [-0.3, -0.25) is 9.69 Å². The van der Waals surface area contributed by atoms with Crippen molar-refractivity contribution in [3.63, 3.8) is 0 Å². The summed E-state index contributed by atoms with van der Waals surface area (Å²) in [5, 5.41) is 11.9. The summed E-state index contributed by atoms with van der Waals surface area (Å²) in [5.74, 6) is 0.179. The Hall–Kier alpha value is -0.970. The number of nitriles is 1. The molecule has 0 N–H and O–H groups in total. The van der Waals surface area contributed by atoms with Gasteiger partial charge in [-0.25, -0.2) is 0 Å². The molecule has 5 nitrogen and oxygen atoms in total. The Balaban J connectivity index is 1.94. The zero-order valence-corrected chi connectivity index (χ0v) is 14.5. The zero-order valence-electron chi connectivity index (χ0n) is 12.2. The van der Waals surface area contributed by atoms with Crippen LogP contribution in [0, 0.1) is 10.7 Å². The van der Waals surface area contributed by atoms with E-state index in [0.717, 1.165) is 24.9 Å². The van der Waals surface area contributed by atoms with E-state index in [0.29, 0.717) is 41.1 Å². The molecule has 0 aromatic heterocycles. The van der Waals surface area contributed by atoms with E-state index >= 15 is 0 Å². The number of carbonyl (C=O) groups is 1. The van der Waals surface area contributed by atoms with Crippen molar-refractivity contribution in [1.82, 2.24) is 4.90 Å². The molecule has 1 unspecified atom stereocenters. The molecule has 0 amide bonds. The standard InChI is InChI=1S/C15H14Cl2N2O3S/c16-10-5-11-13(12(17)6-10)22-8-15(14(11)20,23-9-18)7-19-1-3-21-4-2-19/h5-6H,1-4,7-8H2. The fourth-order valence-electron chi connectivity index (χ4n) is 2.81. The zero-order chi connectivity index (χ0) is 16.4. The number of ether oxygens (including phenoxy) is 2. The molecular formula is C15H14Cl2N2O3S. The second-order valence-electron chi connectivity index (χ2n) is 5.46. The van der Waals surface area contributed by atoms with Crippen LogP contribution in [0.2, 0.25) is 10.0 Å². The normalized spacial score (nSPS) is 24.7. The van der Waals surface area contributed by atoms with E-state index in [1.165, 1.54) is 0 Å². The highest BCUT2D eigenvalue weighted by Gasteiger charge is 2.47. The number of rotatable bonds is 3. The Kier molecular flexibility index (Phi) is 5.04. The van der Waals surface area contributed by atoms with Gasteiger partial charge in [0.05, 0.1) is 23.8 Å². The predicted octanol–water partition coefficient (Wildman–Crippen LogP) is 2.85. The monoisotopic (exact) mass is 372 g/mol. The molecule has 2 aliphatic rings. The van der Waals surface area contributed by atoms with Crippen LogP contribution < -0.4 is 4.74 Å². The third kappa shape index (κ3) is 3.30. The molecule has 2 heterocycles. The molecule has 0 bridgehead atoms. The number of ketones is 1. The summed E-state index contributed by atoms with van der Waals surface area (Å²) < 4.78 is 10.1. The fraction of sp³-hybridized carbons (Fsp3) is 0.467. The number of hydrogen-bond acceptors (Lipinski definition) is 6. The Bertz CT molecular complexity index is 673. The second-order valence-corrected chi connectivity index (χ2v) is 7.47. The first-order chi connectivity index (χ1) is 11.1. The molecule has 8 heteroatoms. The molecule has 1 saturated heterocycles. The number of Topliss-reactive ketones (excluding diaryl/α,β-unsaturated/α-hetero) is 1. The van der Waals surface area contributed by atoms with Crippen molar-refractivity contribution in [2.45, 2.75) is 4.75 Å². The van der Waals surface area contributed by atoms with Crippen LogP contribution in [0.3, 0.4) is 0 Å². The van der Waals surface area contributed by atoms with Crippen LogP contribution in [0.25, 0.3) is 0 Å². The van der Waals surface area contributed by atoms with E-state index in [1.807, 2.05) is 0 Å². The van der Waals surface area contributed by atoms with E-state index in [9.17, 15) is 10.1 Å². The highest BCUT2D eigenvalue weighted by molar-refractivity contribution is 8.05. The maximum absolute atomic E-state index is 13.1. The van der Waals surface area contributed by atoms with E-state index in [1.54, 1.807) is 12.1 Å². The van der Waals surface area contributed by atoms with Gasteiger partial charge in [0.15, 0.2) is 5.78 Å². The number of benzene rings is 1. The van der Waals surface area contributed by atoms with Crippen LogP contribution in [0.15, 0.2) is 12.1 Å². The van der Waals surface area contributed by atoms with Crippen molar-refractivity contribution in [2.75, 3.05) is 39.5 Å². The maximum atomic E-state index is 13.1. The van der Waals surface area contributed by atoms with E-state index in [2.05, 4.69) is 10.3 Å². The smallest absolute Gasteiger partial charge is 0.188 e. The first-order valence-corrected chi connectivity index (χ1v) is 8.67. The molecule has 0 aliphatic carbocycles. The Labute approximate surface area is 148 Å². The van der Waals surface area contributed by atoms with Gasteiger partial charge in [-0.15, -0.1) is 0 Å². The van der Waals surface area contributed by atoms with Crippen molar-refractivity contribution in [2.24, 2.45) is 0 Å². The summed E-state index contributed by atoms with van der Waals surface area (Å²) in [6.07, 6.45) is 0. The number of hydrogen-bond donors (Lipinski definition) is 0. The van der Waals surface area contributed by atoms with Crippen LogP contribution >= 0.6 is 35.0 Å². The summed E-state index contributed by atoms with van der Waals surface area (Å²) in [6, 6.07) is 3.10. The molecule has 0 saturated carbocycles. The third-order valence-electron chi connectivity index (χ3n) is 3.94. The molecule has 1 aromatic rings. The summed E-state index contributed by atoms with van der Waals surface area (Å²) in [6.45, 7) is 3.23. The van der Waals surface area contributed by atoms with Gasteiger partial charge in [0.25, 0.3) is 0 Å². The van der Waals surface area contributed by atoms with Crippen LogP contribution in [-0.4, -0.2) is 54.9 Å². The Morgan fingerprint density at radius 3 is 2.78 bits per heavy atom. The lowest BCUT2D eigenvalue weighted by atomic mass is 9.93. The molecule has 23 heavy (non-hydrogen) atoms. The minimum Gasteiger partial charge on any atom is -0.489 e. The lowest BCUT2D eigenvalue weighted by molar-refractivity contribution is 0.0288. The molecule has 122 valence electrons. The SMILES string of the molecule is N#CSC1(CN2CCOCC2)COc2c(Cl)cc(Cl)cc2C1=O. The fourth-order valence-corrected chi connectivity index (χ4v) is 4.10. The number of fused-ring (bicyclic) bond motifs is 1. The highest BCUT2D eigenvalue weighted by Crippen LogP contribution is 2.42. The molecule has 1 aromatic carbocycles. The van der Waals surface area contributed by atoms with Gasteiger partial charge in [-0.2, -0.15) is 5.26 Å². The topological polar surface area (TPSA) is 62.6 Å². The minimum absolute atomic E-state index is 0.107. The number of thioether (sulfide) groups is 1. The van der Waals surface area contributed by atoms with Gasteiger partial charge < -0.3 is 9.47 Å². The lowest BCUT2D eigenvalue weighted by Crippen LogP contribution is -2.54. The van der Waals surface area contributed by atoms with Crippen LogP contribution in [-0.2, 0) is 4.74 Å². The van der Waals surface area contributed by atoms with Crippen LogP contribution in [0.4, 0.5) is 0 Å². The van der Waals surface area contributed by atoms with Gasteiger partial charge in [-0.1, -0.05) is 23.2 Å². The summed E-state index contributed by atoms with van der Waals surface area (Å²) in [5.41, 5.74) is 0.338. The van der Waals surface area contributed by atoms with E-state index in [-0.39, 0.29) is 12.4 Å². The van der Waals surface area contributed by atoms with Crippen molar-refractivity contribution in [1.29, 1.82) is 5.26 Å². The van der Waals surface area contributed by atoms with Gasteiger partial charge in [0, 0.05) is 24.7 Å². The highest BCUT2D eigenvalue weighted by atomic mass is 35.5.